The fourth-order valence-corrected chi connectivity index (χ4v) is 2.48. The molecular formula is C20H14ClNO2. The number of ketones is 1. The van der Waals surface area contributed by atoms with Crippen LogP contribution in [0.3, 0.4) is 0 Å². The Labute approximate surface area is 144 Å². The summed E-state index contributed by atoms with van der Waals surface area (Å²) >= 11 is 5.84. The Morgan fingerprint density at radius 2 is 1.29 bits per heavy atom. The molecule has 1 N–H and O–H groups in total. The molecule has 0 bridgehead atoms. The summed E-state index contributed by atoms with van der Waals surface area (Å²) in [5.41, 5.74) is 1.87. The van der Waals surface area contributed by atoms with Crippen molar-refractivity contribution in [1.29, 1.82) is 0 Å². The minimum Gasteiger partial charge on any atom is -0.322 e. The molecule has 0 aliphatic rings. The highest BCUT2D eigenvalue weighted by molar-refractivity contribution is 6.30. The smallest absolute Gasteiger partial charge is 0.256 e. The number of benzene rings is 3. The van der Waals surface area contributed by atoms with Crippen LogP contribution in [0.4, 0.5) is 5.69 Å². The fourth-order valence-electron chi connectivity index (χ4n) is 2.36. The van der Waals surface area contributed by atoms with Gasteiger partial charge in [0.2, 0.25) is 0 Å². The number of anilines is 1. The van der Waals surface area contributed by atoms with Crippen molar-refractivity contribution in [2.24, 2.45) is 0 Å². The molecule has 3 nitrogen and oxygen atoms in total. The number of carbonyl (C=O) groups excluding carboxylic acids is 2. The van der Waals surface area contributed by atoms with Crippen molar-refractivity contribution in [3.8, 4) is 0 Å². The Kier molecular flexibility index (Phi) is 4.73. The van der Waals surface area contributed by atoms with E-state index in [1.807, 2.05) is 6.07 Å². The van der Waals surface area contributed by atoms with Crippen LogP contribution in [-0.4, -0.2) is 11.7 Å². The Morgan fingerprint density at radius 1 is 0.708 bits per heavy atom. The second kappa shape index (κ2) is 7.11. The number of hydrogen-bond acceptors (Lipinski definition) is 2. The van der Waals surface area contributed by atoms with Gasteiger partial charge < -0.3 is 5.32 Å². The van der Waals surface area contributed by atoms with Gasteiger partial charge in [0.1, 0.15) is 0 Å². The van der Waals surface area contributed by atoms with Crippen molar-refractivity contribution in [2.45, 2.75) is 0 Å². The molecule has 4 heteroatoms. The topological polar surface area (TPSA) is 46.2 Å². The number of hydrogen-bond donors (Lipinski definition) is 1. The van der Waals surface area contributed by atoms with Gasteiger partial charge in [-0.2, -0.15) is 0 Å². The summed E-state index contributed by atoms with van der Waals surface area (Å²) in [6, 6.07) is 22.5. The predicted molar refractivity (Wildman–Crippen MR) is 95.7 cm³/mol. The molecule has 0 fully saturated rings. The lowest BCUT2D eigenvalue weighted by Gasteiger charge is -2.10. The highest BCUT2D eigenvalue weighted by atomic mass is 35.5. The highest BCUT2D eigenvalue weighted by Gasteiger charge is 2.17. The molecule has 0 saturated carbocycles. The summed E-state index contributed by atoms with van der Waals surface area (Å²) in [5.74, 6) is -0.519. The van der Waals surface area contributed by atoms with Crippen LogP contribution in [-0.2, 0) is 0 Å². The Hall–Kier alpha value is -2.91. The van der Waals surface area contributed by atoms with Crippen LogP contribution in [0.2, 0.25) is 5.02 Å². The van der Waals surface area contributed by atoms with Gasteiger partial charge in [0, 0.05) is 21.8 Å². The zero-order valence-corrected chi connectivity index (χ0v) is 13.5. The lowest BCUT2D eigenvalue weighted by atomic mass is 9.98. The van der Waals surface area contributed by atoms with E-state index >= 15 is 0 Å². The van der Waals surface area contributed by atoms with Crippen LogP contribution in [0.5, 0.6) is 0 Å². The Balaban J connectivity index is 1.90. The molecule has 0 atom stereocenters. The third-order valence-electron chi connectivity index (χ3n) is 3.55. The number of carbonyl (C=O) groups is 2. The molecule has 0 radical (unpaired) electrons. The van der Waals surface area contributed by atoms with Crippen molar-refractivity contribution < 1.29 is 9.59 Å². The van der Waals surface area contributed by atoms with Crippen molar-refractivity contribution in [3.05, 3.63) is 101 Å². The van der Waals surface area contributed by atoms with Crippen molar-refractivity contribution in [3.63, 3.8) is 0 Å². The monoisotopic (exact) mass is 335 g/mol. The van der Waals surface area contributed by atoms with Gasteiger partial charge >= 0.3 is 0 Å². The zero-order valence-electron chi connectivity index (χ0n) is 12.7. The first-order valence-corrected chi connectivity index (χ1v) is 7.78. The van der Waals surface area contributed by atoms with E-state index in [2.05, 4.69) is 5.32 Å². The molecule has 0 unspecified atom stereocenters. The van der Waals surface area contributed by atoms with Crippen LogP contribution < -0.4 is 5.32 Å². The summed E-state index contributed by atoms with van der Waals surface area (Å²) in [6.45, 7) is 0. The van der Waals surface area contributed by atoms with E-state index < -0.39 is 0 Å². The molecule has 3 rings (SSSR count). The van der Waals surface area contributed by atoms with E-state index in [9.17, 15) is 9.59 Å². The third kappa shape index (κ3) is 3.53. The summed E-state index contributed by atoms with van der Waals surface area (Å²) in [5, 5.41) is 3.37. The van der Waals surface area contributed by atoms with Gasteiger partial charge in [0.05, 0.1) is 5.56 Å². The summed E-state index contributed by atoms with van der Waals surface area (Å²) < 4.78 is 0. The molecule has 0 saturated heterocycles. The first kappa shape index (κ1) is 16.0. The standard InChI is InChI=1S/C20H14ClNO2/c21-15-10-12-16(13-11-15)22-20(24)18-9-5-4-8-17(18)19(23)14-6-2-1-3-7-14/h1-13H,(H,22,24). The quantitative estimate of drug-likeness (QED) is 0.694. The number of halogens is 1. The van der Waals surface area contributed by atoms with Gasteiger partial charge in [-0.25, -0.2) is 0 Å². The summed E-state index contributed by atoms with van der Waals surface area (Å²) in [4.78, 5) is 25.2. The molecule has 0 spiro atoms. The van der Waals surface area contributed by atoms with Crippen molar-refractivity contribution in [1.82, 2.24) is 0 Å². The fraction of sp³-hybridized carbons (Fsp3) is 0. The van der Waals surface area contributed by atoms with E-state index in [4.69, 9.17) is 11.6 Å². The lowest BCUT2D eigenvalue weighted by molar-refractivity contribution is 0.0996. The average Bonchev–Trinajstić information content (AvgIpc) is 2.63. The highest BCUT2D eigenvalue weighted by Crippen LogP contribution is 2.18. The van der Waals surface area contributed by atoms with Crippen LogP contribution in [0, 0.1) is 0 Å². The molecule has 0 heterocycles. The molecule has 118 valence electrons. The zero-order chi connectivity index (χ0) is 16.9. The Bertz CT molecular complexity index is 874. The lowest BCUT2D eigenvalue weighted by Crippen LogP contribution is -2.16. The molecule has 0 aliphatic carbocycles. The molecular weight excluding hydrogens is 322 g/mol. The van der Waals surface area contributed by atoms with Crippen molar-refractivity contribution in [2.75, 3.05) is 5.32 Å². The maximum Gasteiger partial charge on any atom is 0.256 e. The number of rotatable bonds is 4. The van der Waals surface area contributed by atoms with Gasteiger partial charge in [0.15, 0.2) is 5.78 Å². The summed E-state index contributed by atoms with van der Waals surface area (Å²) in [7, 11) is 0. The van der Waals surface area contributed by atoms with Gasteiger partial charge in [-0.05, 0) is 30.3 Å². The molecule has 0 aromatic heterocycles. The normalized spacial score (nSPS) is 10.2. The van der Waals surface area contributed by atoms with E-state index in [0.717, 1.165) is 0 Å². The van der Waals surface area contributed by atoms with Crippen molar-refractivity contribution >= 4 is 29.0 Å². The largest absolute Gasteiger partial charge is 0.322 e. The minimum absolute atomic E-state index is 0.183. The van der Waals surface area contributed by atoms with Gasteiger partial charge in [0.25, 0.3) is 5.91 Å². The molecule has 0 aliphatic heterocycles. The second-order valence-corrected chi connectivity index (χ2v) is 5.64. The molecule has 1 amide bonds. The SMILES string of the molecule is O=C(Nc1ccc(Cl)cc1)c1ccccc1C(=O)c1ccccc1. The van der Waals surface area contributed by atoms with Crippen LogP contribution in [0.15, 0.2) is 78.9 Å². The van der Waals surface area contributed by atoms with E-state index in [1.54, 1.807) is 72.8 Å². The van der Waals surface area contributed by atoms with Gasteiger partial charge in [-0.1, -0.05) is 60.1 Å². The predicted octanol–water partition coefficient (Wildman–Crippen LogP) is 4.82. The van der Waals surface area contributed by atoms with Gasteiger partial charge in [-0.3, -0.25) is 9.59 Å². The average molecular weight is 336 g/mol. The van der Waals surface area contributed by atoms with Crippen LogP contribution in [0.25, 0.3) is 0 Å². The van der Waals surface area contributed by atoms with Crippen LogP contribution >= 0.6 is 11.6 Å². The maximum absolute atomic E-state index is 12.7. The third-order valence-corrected chi connectivity index (χ3v) is 3.81. The first-order chi connectivity index (χ1) is 11.6. The number of nitrogens with one attached hydrogen (secondary N) is 1. The Morgan fingerprint density at radius 3 is 1.96 bits per heavy atom. The second-order valence-electron chi connectivity index (χ2n) is 5.20. The maximum atomic E-state index is 12.7. The first-order valence-electron chi connectivity index (χ1n) is 7.41. The van der Waals surface area contributed by atoms with E-state index in [-0.39, 0.29) is 11.7 Å². The summed E-state index contributed by atoms with van der Waals surface area (Å²) in [6.07, 6.45) is 0. The molecule has 3 aromatic rings. The number of amides is 1. The van der Waals surface area contributed by atoms with Crippen LogP contribution in [0.1, 0.15) is 26.3 Å². The van der Waals surface area contributed by atoms with Gasteiger partial charge in [-0.15, -0.1) is 0 Å². The molecule has 24 heavy (non-hydrogen) atoms. The van der Waals surface area contributed by atoms with E-state index in [1.165, 1.54) is 0 Å². The minimum atomic E-state index is -0.336. The van der Waals surface area contributed by atoms with E-state index in [0.29, 0.717) is 27.4 Å². The molecule has 3 aromatic carbocycles.